The first-order valence-corrected chi connectivity index (χ1v) is 4.47. The zero-order valence-electron chi connectivity index (χ0n) is 7.49. The van der Waals surface area contributed by atoms with Crippen LogP contribution < -0.4 is 0 Å². The van der Waals surface area contributed by atoms with Crippen molar-refractivity contribution < 1.29 is 0 Å². The van der Waals surface area contributed by atoms with E-state index in [-0.39, 0.29) is 0 Å². The van der Waals surface area contributed by atoms with E-state index in [1.54, 1.807) is 0 Å². The van der Waals surface area contributed by atoms with E-state index >= 15 is 0 Å². The van der Waals surface area contributed by atoms with Gasteiger partial charge in [0.05, 0.1) is 5.69 Å². The molecule has 1 aliphatic rings. The van der Waals surface area contributed by atoms with Crippen LogP contribution in [0.5, 0.6) is 0 Å². The van der Waals surface area contributed by atoms with Gasteiger partial charge in [-0.25, -0.2) is 4.68 Å². The fourth-order valence-electron chi connectivity index (χ4n) is 1.90. The van der Waals surface area contributed by atoms with Crippen molar-refractivity contribution >= 4 is 0 Å². The zero-order chi connectivity index (χ0) is 8.84. The Morgan fingerprint density at radius 3 is 3.15 bits per heavy atom. The molecule has 2 aromatic rings. The Morgan fingerprint density at radius 2 is 2.23 bits per heavy atom. The molecule has 2 nitrogen and oxygen atoms in total. The average Bonchev–Trinajstić information content (AvgIpc) is 2.64. The van der Waals surface area contributed by atoms with Gasteiger partial charge >= 0.3 is 0 Å². The van der Waals surface area contributed by atoms with E-state index in [1.165, 1.54) is 22.5 Å². The molecule has 0 amide bonds. The third-order valence-electron chi connectivity index (χ3n) is 2.56. The highest BCUT2D eigenvalue weighted by Crippen LogP contribution is 2.26. The lowest BCUT2D eigenvalue weighted by Crippen LogP contribution is -1.93. The summed E-state index contributed by atoms with van der Waals surface area (Å²) < 4.78 is 2.03. The molecule has 0 fully saturated rings. The van der Waals surface area contributed by atoms with Crippen molar-refractivity contribution in [3.8, 4) is 5.69 Å². The molecular weight excluding hydrogens is 160 g/mol. The molecule has 0 bridgehead atoms. The fraction of sp³-hybridized carbons (Fsp3) is 0.182. The summed E-state index contributed by atoms with van der Waals surface area (Å²) in [6, 6.07) is 8.62. The van der Waals surface area contributed by atoms with E-state index in [9.17, 15) is 0 Å². The molecule has 3 rings (SSSR count). The van der Waals surface area contributed by atoms with Gasteiger partial charge in [-0.05, 0) is 30.2 Å². The van der Waals surface area contributed by atoms with Gasteiger partial charge in [-0.2, -0.15) is 5.10 Å². The van der Waals surface area contributed by atoms with Crippen molar-refractivity contribution in [3.05, 3.63) is 47.3 Å². The molecule has 1 aromatic carbocycles. The van der Waals surface area contributed by atoms with Crippen LogP contribution in [0.15, 0.2) is 30.5 Å². The Kier molecular flexibility index (Phi) is 1.18. The van der Waals surface area contributed by atoms with Gasteiger partial charge in [-0.15, -0.1) is 0 Å². The predicted octanol–water partition coefficient (Wildman–Crippen LogP) is 2.08. The van der Waals surface area contributed by atoms with Gasteiger partial charge in [-0.1, -0.05) is 12.1 Å². The molecule has 1 aromatic heterocycles. The van der Waals surface area contributed by atoms with E-state index in [1.807, 2.05) is 10.9 Å². The lowest BCUT2D eigenvalue weighted by atomic mass is 10.1. The highest BCUT2D eigenvalue weighted by atomic mass is 15.3. The molecule has 0 saturated carbocycles. The number of nitrogens with zero attached hydrogens (tertiary/aromatic N) is 2. The van der Waals surface area contributed by atoms with Crippen LogP contribution in [0.3, 0.4) is 0 Å². The fourth-order valence-corrected chi connectivity index (χ4v) is 1.90. The molecule has 0 atom stereocenters. The standard InChI is InChI=1S/C11H10N2/c1-8-2-3-9-7-10-4-5-12-13(10)11(9)6-8/h2-6H,7H2,1H3. The number of fused-ring (bicyclic) bond motifs is 3. The van der Waals surface area contributed by atoms with E-state index in [0.29, 0.717) is 0 Å². The summed E-state index contributed by atoms with van der Waals surface area (Å²) in [7, 11) is 0. The second kappa shape index (κ2) is 2.22. The summed E-state index contributed by atoms with van der Waals surface area (Å²) in [5, 5.41) is 4.30. The van der Waals surface area contributed by atoms with Gasteiger partial charge in [0.15, 0.2) is 0 Å². The van der Waals surface area contributed by atoms with Crippen molar-refractivity contribution in [1.29, 1.82) is 0 Å². The molecular formula is C11H10N2. The van der Waals surface area contributed by atoms with Crippen LogP contribution in [-0.2, 0) is 6.42 Å². The quantitative estimate of drug-likeness (QED) is 0.505. The number of rotatable bonds is 0. The minimum atomic E-state index is 1.02. The Hall–Kier alpha value is -1.57. The van der Waals surface area contributed by atoms with Gasteiger partial charge < -0.3 is 0 Å². The monoisotopic (exact) mass is 170 g/mol. The topological polar surface area (TPSA) is 17.8 Å². The lowest BCUT2D eigenvalue weighted by molar-refractivity contribution is 0.869. The van der Waals surface area contributed by atoms with Gasteiger partial charge in [0.2, 0.25) is 0 Å². The van der Waals surface area contributed by atoms with Crippen LogP contribution in [0.25, 0.3) is 5.69 Å². The first-order valence-electron chi connectivity index (χ1n) is 4.47. The van der Waals surface area contributed by atoms with Crippen LogP contribution in [-0.4, -0.2) is 9.78 Å². The van der Waals surface area contributed by atoms with Crippen molar-refractivity contribution in [2.75, 3.05) is 0 Å². The largest absolute Gasteiger partial charge is 0.237 e. The van der Waals surface area contributed by atoms with Crippen molar-refractivity contribution in [3.63, 3.8) is 0 Å². The zero-order valence-corrected chi connectivity index (χ0v) is 7.49. The second-order valence-corrected chi connectivity index (χ2v) is 3.54. The maximum absolute atomic E-state index is 4.30. The van der Waals surface area contributed by atoms with Crippen molar-refractivity contribution in [2.24, 2.45) is 0 Å². The molecule has 2 heteroatoms. The molecule has 0 N–H and O–H groups in total. The minimum absolute atomic E-state index is 1.02. The highest BCUT2D eigenvalue weighted by Gasteiger charge is 2.17. The third-order valence-corrected chi connectivity index (χ3v) is 2.56. The van der Waals surface area contributed by atoms with E-state index in [0.717, 1.165) is 6.42 Å². The number of hydrogen-bond acceptors (Lipinski definition) is 1. The molecule has 1 aliphatic heterocycles. The van der Waals surface area contributed by atoms with E-state index in [4.69, 9.17) is 0 Å². The Bertz CT molecular complexity index is 469. The third kappa shape index (κ3) is 0.856. The van der Waals surface area contributed by atoms with Crippen LogP contribution >= 0.6 is 0 Å². The summed E-state index contributed by atoms with van der Waals surface area (Å²) in [4.78, 5) is 0. The summed E-state index contributed by atoms with van der Waals surface area (Å²) in [6.07, 6.45) is 2.89. The average molecular weight is 170 g/mol. The minimum Gasteiger partial charge on any atom is -0.237 e. The SMILES string of the molecule is Cc1ccc2c(c1)-n1nccc1C2. The Labute approximate surface area is 76.8 Å². The molecule has 0 unspecified atom stereocenters. The molecule has 0 saturated heterocycles. The summed E-state index contributed by atoms with van der Waals surface area (Å²) in [5.74, 6) is 0. The van der Waals surface area contributed by atoms with E-state index < -0.39 is 0 Å². The number of hydrogen-bond donors (Lipinski definition) is 0. The van der Waals surface area contributed by atoms with Crippen LogP contribution in [0.1, 0.15) is 16.8 Å². The first kappa shape index (κ1) is 6.89. The molecule has 0 spiro atoms. The van der Waals surface area contributed by atoms with Gasteiger partial charge in [0.25, 0.3) is 0 Å². The van der Waals surface area contributed by atoms with Crippen LogP contribution in [0.4, 0.5) is 0 Å². The summed E-state index contributed by atoms with van der Waals surface area (Å²) in [6.45, 7) is 2.11. The summed E-state index contributed by atoms with van der Waals surface area (Å²) in [5.41, 5.74) is 5.22. The lowest BCUT2D eigenvalue weighted by Gasteiger charge is -2.01. The smallest absolute Gasteiger partial charge is 0.0687 e. The van der Waals surface area contributed by atoms with E-state index in [2.05, 4.69) is 36.3 Å². The highest BCUT2D eigenvalue weighted by molar-refractivity contribution is 5.50. The van der Waals surface area contributed by atoms with Crippen molar-refractivity contribution in [1.82, 2.24) is 9.78 Å². The molecule has 2 heterocycles. The number of aryl methyl sites for hydroxylation is 1. The maximum atomic E-state index is 4.30. The molecule has 0 radical (unpaired) electrons. The Morgan fingerprint density at radius 1 is 1.31 bits per heavy atom. The number of aromatic nitrogens is 2. The predicted molar refractivity (Wildman–Crippen MR) is 51.1 cm³/mol. The molecule has 64 valence electrons. The van der Waals surface area contributed by atoms with Crippen LogP contribution in [0.2, 0.25) is 0 Å². The van der Waals surface area contributed by atoms with Crippen molar-refractivity contribution in [2.45, 2.75) is 13.3 Å². The van der Waals surface area contributed by atoms with Gasteiger partial charge in [0.1, 0.15) is 0 Å². The maximum Gasteiger partial charge on any atom is 0.0687 e. The molecule has 13 heavy (non-hydrogen) atoms. The number of benzene rings is 1. The molecule has 0 aliphatic carbocycles. The first-order chi connectivity index (χ1) is 6.34. The summed E-state index contributed by atoms with van der Waals surface area (Å²) >= 11 is 0. The van der Waals surface area contributed by atoms with Gasteiger partial charge in [0, 0.05) is 18.3 Å². The Balaban J connectivity index is 2.31. The van der Waals surface area contributed by atoms with Crippen LogP contribution in [0, 0.1) is 6.92 Å². The van der Waals surface area contributed by atoms with Gasteiger partial charge in [-0.3, -0.25) is 0 Å². The second-order valence-electron chi connectivity index (χ2n) is 3.54. The normalized spacial score (nSPS) is 12.7.